The third-order valence-electron chi connectivity index (χ3n) is 6.27. The number of likely N-dealkylation sites (tertiary alicyclic amines) is 1. The van der Waals surface area contributed by atoms with Gasteiger partial charge in [0.05, 0.1) is 5.75 Å². The van der Waals surface area contributed by atoms with Crippen molar-refractivity contribution < 1.29 is 14.4 Å². The Kier molecular flexibility index (Phi) is 5.46. The maximum absolute atomic E-state index is 12.9. The molecule has 3 aromatic rings. The van der Waals surface area contributed by atoms with Crippen LogP contribution in [0.2, 0.25) is 0 Å². The van der Waals surface area contributed by atoms with Gasteiger partial charge in [0, 0.05) is 53.6 Å². The van der Waals surface area contributed by atoms with Crippen molar-refractivity contribution in [2.45, 2.75) is 25.7 Å². The number of nitrogens with zero attached hydrogens (tertiary/aromatic N) is 3. The Morgan fingerprint density at radius 3 is 2.78 bits per heavy atom. The van der Waals surface area contributed by atoms with Crippen molar-refractivity contribution in [3.8, 4) is 11.1 Å². The molecular weight excluding hydrogens is 424 g/mol. The number of nitrogens with one attached hydrogen (secondary N) is 1. The van der Waals surface area contributed by atoms with Crippen molar-refractivity contribution in [3.05, 3.63) is 54.0 Å². The zero-order valence-corrected chi connectivity index (χ0v) is 18.7. The van der Waals surface area contributed by atoms with E-state index in [2.05, 4.69) is 35.1 Å². The van der Waals surface area contributed by atoms with Gasteiger partial charge in [-0.15, -0.1) is 0 Å². The first-order chi connectivity index (χ1) is 15.5. The number of carbonyl (C=O) groups excluding carboxylic acids is 3. The summed E-state index contributed by atoms with van der Waals surface area (Å²) in [6.07, 6.45) is 5.43. The SMILES string of the molecule is Cc1ccc2[nH]c(C3CCCN(C(=O)CN4C(=O)CSC4=O)C3)c(-c3ccncc3)c2c1. The molecule has 5 rings (SSSR count). The van der Waals surface area contributed by atoms with Gasteiger partial charge in [0.1, 0.15) is 6.54 Å². The molecule has 164 valence electrons. The zero-order valence-electron chi connectivity index (χ0n) is 17.8. The number of carbonyl (C=O) groups is 3. The van der Waals surface area contributed by atoms with Gasteiger partial charge in [0.25, 0.3) is 5.24 Å². The van der Waals surface area contributed by atoms with Gasteiger partial charge >= 0.3 is 0 Å². The second-order valence-electron chi connectivity index (χ2n) is 8.41. The fourth-order valence-electron chi connectivity index (χ4n) is 4.67. The monoisotopic (exact) mass is 448 g/mol. The number of aromatic nitrogens is 2. The fraction of sp³-hybridized carbons (Fsp3) is 0.333. The number of amides is 3. The number of hydrogen-bond acceptors (Lipinski definition) is 5. The number of piperidine rings is 1. The molecule has 0 aliphatic carbocycles. The summed E-state index contributed by atoms with van der Waals surface area (Å²) in [4.78, 5) is 47.4. The molecule has 0 radical (unpaired) electrons. The van der Waals surface area contributed by atoms with E-state index in [0.29, 0.717) is 13.1 Å². The molecule has 1 unspecified atom stereocenters. The molecule has 0 saturated carbocycles. The molecule has 8 heteroatoms. The molecule has 0 spiro atoms. The molecule has 7 nitrogen and oxygen atoms in total. The lowest BCUT2D eigenvalue weighted by Crippen LogP contribution is -2.45. The standard InChI is InChI=1S/C24H24N4O3S/c1-15-4-5-19-18(11-15)22(16-6-8-25-9-7-16)23(26-19)17-3-2-10-27(12-17)20(29)13-28-21(30)14-32-24(28)31/h4-9,11,17,26H,2-3,10,12-14H2,1H3. The number of aromatic amines is 1. The molecule has 4 heterocycles. The number of imide groups is 1. The van der Waals surface area contributed by atoms with Gasteiger partial charge in [-0.05, 0) is 49.6 Å². The van der Waals surface area contributed by atoms with E-state index in [1.54, 1.807) is 17.3 Å². The van der Waals surface area contributed by atoms with Gasteiger partial charge in [-0.3, -0.25) is 24.3 Å². The van der Waals surface area contributed by atoms with Crippen molar-refractivity contribution >= 4 is 39.7 Å². The second kappa shape index (κ2) is 8.43. The van der Waals surface area contributed by atoms with Crippen molar-refractivity contribution in [2.75, 3.05) is 25.4 Å². The molecule has 2 aliphatic rings. The smallest absolute Gasteiger partial charge is 0.289 e. The number of thioether (sulfide) groups is 1. The van der Waals surface area contributed by atoms with E-state index in [1.807, 2.05) is 12.1 Å². The highest BCUT2D eigenvalue weighted by Crippen LogP contribution is 2.39. The van der Waals surface area contributed by atoms with E-state index in [9.17, 15) is 14.4 Å². The quantitative estimate of drug-likeness (QED) is 0.653. The van der Waals surface area contributed by atoms with Gasteiger partial charge in [0.2, 0.25) is 11.8 Å². The van der Waals surface area contributed by atoms with E-state index in [1.165, 1.54) is 10.9 Å². The normalized spacial score (nSPS) is 19.2. The molecule has 2 fully saturated rings. The summed E-state index contributed by atoms with van der Waals surface area (Å²) in [5.74, 6) is -0.189. The number of hydrogen-bond donors (Lipinski definition) is 1. The lowest BCUT2D eigenvalue weighted by Gasteiger charge is -2.33. The minimum absolute atomic E-state index is 0.124. The fourth-order valence-corrected chi connectivity index (χ4v) is 5.40. The first-order valence-corrected chi connectivity index (χ1v) is 11.8. The Hall–Kier alpha value is -3.13. The summed E-state index contributed by atoms with van der Waals surface area (Å²) in [6.45, 7) is 3.12. The molecule has 2 aromatic heterocycles. The predicted octanol–water partition coefficient (Wildman–Crippen LogP) is 3.94. The van der Waals surface area contributed by atoms with Gasteiger partial charge in [-0.25, -0.2) is 0 Å². The highest BCUT2D eigenvalue weighted by atomic mass is 32.2. The first kappa shape index (κ1) is 20.8. The van der Waals surface area contributed by atoms with E-state index in [-0.39, 0.29) is 35.3 Å². The van der Waals surface area contributed by atoms with E-state index in [0.717, 1.165) is 51.8 Å². The Bertz CT molecular complexity index is 1190. The van der Waals surface area contributed by atoms with Crippen LogP contribution >= 0.6 is 11.8 Å². The van der Waals surface area contributed by atoms with Crippen LogP contribution in [0.5, 0.6) is 0 Å². The molecule has 32 heavy (non-hydrogen) atoms. The Morgan fingerprint density at radius 1 is 1.22 bits per heavy atom. The van der Waals surface area contributed by atoms with Gasteiger partial charge < -0.3 is 9.88 Å². The average molecular weight is 449 g/mol. The lowest BCUT2D eigenvalue weighted by atomic mass is 9.89. The van der Waals surface area contributed by atoms with E-state index >= 15 is 0 Å². The van der Waals surface area contributed by atoms with Crippen molar-refractivity contribution in [2.24, 2.45) is 0 Å². The van der Waals surface area contributed by atoms with Crippen molar-refractivity contribution in [3.63, 3.8) is 0 Å². The summed E-state index contributed by atoms with van der Waals surface area (Å²) in [7, 11) is 0. The third kappa shape index (κ3) is 3.79. The number of rotatable bonds is 4. The van der Waals surface area contributed by atoms with Crippen molar-refractivity contribution in [1.82, 2.24) is 19.8 Å². The zero-order chi connectivity index (χ0) is 22.2. The van der Waals surface area contributed by atoms with Crippen LogP contribution in [0.15, 0.2) is 42.7 Å². The number of pyridine rings is 1. The minimum Gasteiger partial charge on any atom is -0.358 e. The first-order valence-electron chi connectivity index (χ1n) is 10.8. The molecule has 0 bridgehead atoms. The van der Waals surface area contributed by atoms with Crippen LogP contribution in [0.4, 0.5) is 4.79 Å². The maximum Gasteiger partial charge on any atom is 0.289 e. The Morgan fingerprint density at radius 2 is 2.03 bits per heavy atom. The molecule has 1 atom stereocenters. The van der Waals surface area contributed by atoms with Gasteiger partial charge in [-0.1, -0.05) is 23.4 Å². The van der Waals surface area contributed by atoms with Crippen LogP contribution in [-0.2, 0) is 9.59 Å². The molecule has 2 saturated heterocycles. The molecule has 3 amide bonds. The van der Waals surface area contributed by atoms with Gasteiger partial charge in [-0.2, -0.15) is 0 Å². The summed E-state index contributed by atoms with van der Waals surface area (Å²) < 4.78 is 0. The topological polar surface area (TPSA) is 86.4 Å². The number of benzene rings is 1. The van der Waals surface area contributed by atoms with Gasteiger partial charge in [0.15, 0.2) is 0 Å². The highest BCUT2D eigenvalue weighted by molar-refractivity contribution is 8.14. The average Bonchev–Trinajstić information content (AvgIpc) is 3.34. The molecule has 1 aromatic carbocycles. The highest BCUT2D eigenvalue weighted by Gasteiger charge is 2.34. The maximum atomic E-state index is 12.9. The Balaban J connectivity index is 1.46. The number of H-pyrrole nitrogens is 1. The molecule has 2 aliphatic heterocycles. The summed E-state index contributed by atoms with van der Waals surface area (Å²) in [6, 6.07) is 10.4. The van der Waals surface area contributed by atoms with Crippen LogP contribution in [-0.4, -0.2) is 62.2 Å². The summed E-state index contributed by atoms with van der Waals surface area (Å²) in [5.41, 5.74) is 5.65. The van der Waals surface area contributed by atoms with E-state index in [4.69, 9.17) is 0 Å². The van der Waals surface area contributed by atoms with Crippen LogP contribution < -0.4 is 0 Å². The number of fused-ring (bicyclic) bond motifs is 1. The minimum atomic E-state index is -0.331. The largest absolute Gasteiger partial charge is 0.358 e. The molecule has 1 N–H and O–H groups in total. The van der Waals surface area contributed by atoms with Crippen LogP contribution in [0.1, 0.15) is 30.0 Å². The van der Waals surface area contributed by atoms with E-state index < -0.39 is 0 Å². The van der Waals surface area contributed by atoms with Crippen LogP contribution in [0.3, 0.4) is 0 Å². The number of aryl methyl sites for hydroxylation is 1. The second-order valence-corrected chi connectivity index (χ2v) is 9.34. The Labute approximate surface area is 190 Å². The van der Waals surface area contributed by atoms with Crippen molar-refractivity contribution in [1.29, 1.82) is 0 Å². The van der Waals surface area contributed by atoms with Crippen LogP contribution in [0, 0.1) is 6.92 Å². The summed E-state index contributed by atoms with van der Waals surface area (Å²) in [5, 5.41) is 0.836. The van der Waals surface area contributed by atoms with Crippen LogP contribution in [0.25, 0.3) is 22.0 Å². The third-order valence-corrected chi connectivity index (χ3v) is 7.13. The predicted molar refractivity (Wildman–Crippen MR) is 124 cm³/mol. The summed E-state index contributed by atoms with van der Waals surface area (Å²) >= 11 is 0.959. The lowest BCUT2D eigenvalue weighted by molar-refractivity contribution is -0.137. The molecular formula is C24H24N4O3S.